The minimum Gasteiger partial charge on any atom is -0.332 e. The Labute approximate surface area is 142 Å². The van der Waals surface area contributed by atoms with Gasteiger partial charge in [-0.1, -0.05) is 35.9 Å². The number of nitrogens with zero attached hydrogens (tertiary/aromatic N) is 1. The van der Waals surface area contributed by atoms with Crippen LogP contribution in [0.1, 0.15) is 10.4 Å². The highest BCUT2D eigenvalue weighted by Crippen LogP contribution is 2.21. The van der Waals surface area contributed by atoms with Gasteiger partial charge in [-0.2, -0.15) is 0 Å². The predicted octanol–water partition coefficient (Wildman–Crippen LogP) is 3.81. The van der Waals surface area contributed by atoms with Crippen LogP contribution < -0.4 is 5.32 Å². The van der Waals surface area contributed by atoms with E-state index in [4.69, 9.17) is 11.6 Å². The minimum atomic E-state index is -0.298. The fraction of sp³-hybridized carbons (Fsp3) is 0.125. The first kappa shape index (κ1) is 16.5. The summed E-state index contributed by atoms with van der Waals surface area (Å²) in [6, 6.07) is 14.0. The average molecular weight is 382 g/mol. The number of carbonyl (C=O) groups is 2. The lowest BCUT2D eigenvalue weighted by Crippen LogP contribution is -2.35. The molecule has 4 nitrogen and oxygen atoms in total. The van der Waals surface area contributed by atoms with Crippen LogP contribution in [0.15, 0.2) is 53.0 Å². The maximum atomic E-state index is 12.3. The first-order valence-electron chi connectivity index (χ1n) is 6.53. The summed E-state index contributed by atoms with van der Waals surface area (Å²) in [5.74, 6) is -0.581. The molecule has 0 aliphatic rings. The van der Waals surface area contributed by atoms with Crippen molar-refractivity contribution in [2.45, 2.75) is 0 Å². The molecule has 2 amide bonds. The number of hydrogen-bond donors (Lipinski definition) is 1. The van der Waals surface area contributed by atoms with E-state index in [0.717, 1.165) is 4.47 Å². The van der Waals surface area contributed by atoms with Crippen LogP contribution in [0.25, 0.3) is 0 Å². The van der Waals surface area contributed by atoms with E-state index in [1.807, 2.05) is 18.2 Å². The monoisotopic (exact) mass is 380 g/mol. The molecule has 6 heteroatoms. The second-order valence-electron chi connectivity index (χ2n) is 4.67. The second-order valence-corrected chi connectivity index (χ2v) is 5.93. The number of benzene rings is 2. The van der Waals surface area contributed by atoms with Crippen molar-refractivity contribution in [3.8, 4) is 0 Å². The zero-order chi connectivity index (χ0) is 16.1. The third kappa shape index (κ3) is 4.08. The number of amides is 2. The van der Waals surface area contributed by atoms with Crippen LogP contribution in [-0.2, 0) is 4.79 Å². The molecule has 0 aliphatic heterocycles. The van der Waals surface area contributed by atoms with Crippen LogP contribution in [0, 0.1) is 0 Å². The molecule has 0 saturated carbocycles. The summed E-state index contributed by atoms with van der Waals surface area (Å²) in [4.78, 5) is 25.6. The number of rotatable bonds is 4. The lowest BCUT2D eigenvalue weighted by molar-refractivity contribution is -0.116. The standard InChI is InChI=1S/C16H14BrClN2O2/c1-20(16(22)11-6-2-4-8-13(11)18)10-15(21)19-14-9-5-3-7-12(14)17/h2-9H,10H2,1H3,(H,19,21). The van der Waals surface area contributed by atoms with Crippen LogP contribution in [-0.4, -0.2) is 30.3 Å². The molecule has 0 saturated heterocycles. The molecular formula is C16H14BrClN2O2. The van der Waals surface area contributed by atoms with E-state index in [1.54, 1.807) is 37.4 Å². The molecule has 0 atom stereocenters. The predicted molar refractivity (Wildman–Crippen MR) is 91.2 cm³/mol. The molecule has 0 spiro atoms. The number of carbonyl (C=O) groups excluding carboxylic acids is 2. The smallest absolute Gasteiger partial charge is 0.255 e. The van der Waals surface area contributed by atoms with Crippen molar-refractivity contribution in [1.82, 2.24) is 4.90 Å². The summed E-state index contributed by atoms with van der Waals surface area (Å²) in [5, 5.41) is 3.12. The summed E-state index contributed by atoms with van der Waals surface area (Å²) >= 11 is 9.35. The Kier molecular flexibility index (Phi) is 5.57. The molecule has 0 bridgehead atoms. The molecule has 1 N–H and O–H groups in total. The Bertz CT molecular complexity index is 706. The van der Waals surface area contributed by atoms with E-state index < -0.39 is 0 Å². The lowest BCUT2D eigenvalue weighted by Gasteiger charge is -2.17. The third-order valence-electron chi connectivity index (χ3n) is 2.98. The van der Waals surface area contributed by atoms with E-state index in [0.29, 0.717) is 16.3 Å². The quantitative estimate of drug-likeness (QED) is 0.875. The van der Waals surface area contributed by atoms with Gasteiger partial charge in [-0.05, 0) is 40.2 Å². The molecule has 2 rings (SSSR count). The van der Waals surface area contributed by atoms with Gasteiger partial charge in [0.1, 0.15) is 0 Å². The van der Waals surface area contributed by atoms with E-state index >= 15 is 0 Å². The van der Waals surface area contributed by atoms with Gasteiger partial charge < -0.3 is 10.2 Å². The SMILES string of the molecule is CN(CC(=O)Nc1ccccc1Br)C(=O)c1ccccc1Cl. The minimum absolute atomic E-state index is 0.0641. The van der Waals surface area contributed by atoms with Gasteiger partial charge in [-0.3, -0.25) is 9.59 Å². The van der Waals surface area contributed by atoms with Gasteiger partial charge in [0, 0.05) is 11.5 Å². The van der Waals surface area contributed by atoms with Gasteiger partial charge in [-0.15, -0.1) is 0 Å². The largest absolute Gasteiger partial charge is 0.332 e. The topological polar surface area (TPSA) is 49.4 Å². The summed E-state index contributed by atoms with van der Waals surface area (Å²) in [5.41, 5.74) is 1.03. The summed E-state index contributed by atoms with van der Waals surface area (Å²) < 4.78 is 0.781. The van der Waals surface area contributed by atoms with Gasteiger partial charge in [0.15, 0.2) is 0 Å². The highest BCUT2D eigenvalue weighted by molar-refractivity contribution is 9.10. The van der Waals surface area contributed by atoms with Gasteiger partial charge in [0.05, 0.1) is 22.8 Å². The molecule has 0 radical (unpaired) electrons. The molecule has 2 aromatic rings. The number of hydrogen-bond acceptors (Lipinski definition) is 2. The van der Waals surface area contributed by atoms with Crippen LogP contribution in [0.3, 0.4) is 0 Å². The lowest BCUT2D eigenvalue weighted by atomic mass is 10.2. The Morgan fingerprint density at radius 3 is 2.45 bits per heavy atom. The maximum Gasteiger partial charge on any atom is 0.255 e. The van der Waals surface area contributed by atoms with Gasteiger partial charge in [-0.25, -0.2) is 0 Å². The van der Waals surface area contributed by atoms with Crippen LogP contribution in [0.2, 0.25) is 5.02 Å². The van der Waals surface area contributed by atoms with Gasteiger partial charge in [0.25, 0.3) is 5.91 Å². The Balaban J connectivity index is 2.01. The van der Waals surface area contributed by atoms with Crippen molar-refractivity contribution >= 4 is 45.0 Å². The van der Waals surface area contributed by atoms with Crippen molar-refractivity contribution < 1.29 is 9.59 Å². The highest BCUT2D eigenvalue weighted by Gasteiger charge is 2.17. The molecule has 0 unspecified atom stereocenters. The number of nitrogens with one attached hydrogen (secondary N) is 1. The zero-order valence-electron chi connectivity index (χ0n) is 11.8. The number of likely N-dealkylation sites (N-methyl/N-ethyl adjacent to an activating group) is 1. The van der Waals surface area contributed by atoms with Crippen molar-refractivity contribution in [3.63, 3.8) is 0 Å². The van der Waals surface area contributed by atoms with Crippen LogP contribution >= 0.6 is 27.5 Å². The summed E-state index contributed by atoms with van der Waals surface area (Å²) in [6.45, 7) is -0.0641. The van der Waals surface area contributed by atoms with Crippen LogP contribution in [0.4, 0.5) is 5.69 Å². The van der Waals surface area contributed by atoms with Crippen molar-refractivity contribution in [2.24, 2.45) is 0 Å². The number of para-hydroxylation sites is 1. The van der Waals surface area contributed by atoms with E-state index in [1.165, 1.54) is 4.90 Å². The second kappa shape index (κ2) is 7.42. The molecule has 0 aromatic heterocycles. The first-order valence-corrected chi connectivity index (χ1v) is 7.70. The first-order chi connectivity index (χ1) is 10.5. The van der Waals surface area contributed by atoms with Crippen molar-refractivity contribution in [2.75, 3.05) is 18.9 Å². The number of anilines is 1. The Morgan fingerprint density at radius 2 is 1.77 bits per heavy atom. The Morgan fingerprint density at radius 1 is 1.14 bits per heavy atom. The summed E-state index contributed by atoms with van der Waals surface area (Å²) in [7, 11) is 1.56. The van der Waals surface area contributed by atoms with Gasteiger partial charge in [0.2, 0.25) is 5.91 Å². The van der Waals surface area contributed by atoms with Crippen molar-refractivity contribution in [3.05, 3.63) is 63.6 Å². The Hall–Kier alpha value is -1.85. The van der Waals surface area contributed by atoms with Crippen LogP contribution in [0.5, 0.6) is 0 Å². The molecule has 0 fully saturated rings. The molecule has 114 valence electrons. The fourth-order valence-electron chi connectivity index (χ4n) is 1.88. The number of halogens is 2. The third-order valence-corrected chi connectivity index (χ3v) is 4.00. The maximum absolute atomic E-state index is 12.3. The molecule has 0 aliphatic carbocycles. The molecule has 0 heterocycles. The van der Waals surface area contributed by atoms with E-state index in [-0.39, 0.29) is 18.4 Å². The molecule has 2 aromatic carbocycles. The highest BCUT2D eigenvalue weighted by atomic mass is 79.9. The summed E-state index contributed by atoms with van der Waals surface area (Å²) in [6.07, 6.45) is 0. The zero-order valence-corrected chi connectivity index (χ0v) is 14.2. The average Bonchev–Trinajstić information content (AvgIpc) is 2.49. The van der Waals surface area contributed by atoms with E-state index in [2.05, 4.69) is 21.2 Å². The molecule has 22 heavy (non-hydrogen) atoms. The normalized spacial score (nSPS) is 10.1. The molecular weight excluding hydrogens is 368 g/mol. The van der Waals surface area contributed by atoms with Crippen molar-refractivity contribution in [1.29, 1.82) is 0 Å². The fourth-order valence-corrected chi connectivity index (χ4v) is 2.48. The van der Waals surface area contributed by atoms with Gasteiger partial charge >= 0.3 is 0 Å². The van der Waals surface area contributed by atoms with E-state index in [9.17, 15) is 9.59 Å².